The van der Waals surface area contributed by atoms with Gasteiger partial charge in [-0.15, -0.1) is 11.3 Å². The largest absolute Gasteiger partial charge is 0.324 e. The highest BCUT2D eigenvalue weighted by atomic mass is 32.1. The van der Waals surface area contributed by atoms with Gasteiger partial charge in [-0.1, -0.05) is 0 Å². The number of hydrogen-bond acceptors (Lipinski definition) is 5. The lowest BCUT2D eigenvalue weighted by Gasteiger charge is -2.05. The summed E-state index contributed by atoms with van der Waals surface area (Å²) >= 11 is 2.66. The van der Waals surface area contributed by atoms with Gasteiger partial charge in [0.15, 0.2) is 0 Å². The molecule has 2 heterocycles. The standard InChI is InChI=1S/C12H10N4OS2/c1-7-4-11(18-6-7)14-12(17)13-8-2-3-9-10(5-8)16-19-15-9/h2-6H,1H3,(H2,13,14,17). The summed E-state index contributed by atoms with van der Waals surface area (Å²) < 4.78 is 8.25. The van der Waals surface area contributed by atoms with Gasteiger partial charge in [-0.3, -0.25) is 5.32 Å². The van der Waals surface area contributed by atoms with Crippen molar-refractivity contribution in [2.24, 2.45) is 0 Å². The number of nitrogens with zero attached hydrogens (tertiary/aromatic N) is 2. The third-order valence-electron chi connectivity index (χ3n) is 2.48. The predicted octanol–water partition coefficient (Wildman–Crippen LogP) is 3.71. The Labute approximate surface area is 117 Å². The van der Waals surface area contributed by atoms with E-state index < -0.39 is 0 Å². The van der Waals surface area contributed by atoms with Crippen LogP contribution in [-0.4, -0.2) is 14.8 Å². The van der Waals surface area contributed by atoms with Crippen LogP contribution in [-0.2, 0) is 0 Å². The van der Waals surface area contributed by atoms with E-state index in [1.165, 1.54) is 11.3 Å². The van der Waals surface area contributed by atoms with Crippen LogP contribution in [0.3, 0.4) is 0 Å². The fraction of sp³-hybridized carbons (Fsp3) is 0.0833. The highest BCUT2D eigenvalue weighted by Crippen LogP contribution is 2.20. The Hall–Kier alpha value is -1.99. The molecule has 0 bridgehead atoms. The molecule has 19 heavy (non-hydrogen) atoms. The lowest BCUT2D eigenvalue weighted by molar-refractivity contribution is 0.262. The third-order valence-corrected chi connectivity index (χ3v) is 4.00. The number of amides is 2. The van der Waals surface area contributed by atoms with Gasteiger partial charge in [0.1, 0.15) is 11.0 Å². The average Bonchev–Trinajstić information content (AvgIpc) is 2.97. The van der Waals surface area contributed by atoms with E-state index in [1.54, 1.807) is 6.07 Å². The van der Waals surface area contributed by atoms with E-state index in [0.29, 0.717) is 5.69 Å². The SMILES string of the molecule is Cc1csc(NC(=O)Nc2ccc3nsnc3c2)c1. The molecule has 0 saturated carbocycles. The van der Waals surface area contributed by atoms with Gasteiger partial charge in [0.05, 0.1) is 16.7 Å². The number of thiophene rings is 1. The van der Waals surface area contributed by atoms with Gasteiger partial charge in [0.25, 0.3) is 0 Å². The average molecular weight is 290 g/mol. The van der Waals surface area contributed by atoms with Crippen LogP contribution in [0.2, 0.25) is 0 Å². The molecule has 0 aliphatic carbocycles. The molecule has 0 unspecified atom stereocenters. The van der Waals surface area contributed by atoms with Crippen molar-refractivity contribution in [3.8, 4) is 0 Å². The van der Waals surface area contributed by atoms with Crippen molar-refractivity contribution < 1.29 is 4.79 Å². The third kappa shape index (κ3) is 2.72. The number of nitrogens with one attached hydrogen (secondary N) is 2. The summed E-state index contributed by atoms with van der Waals surface area (Å²) in [6.07, 6.45) is 0. The number of hydrogen-bond donors (Lipinski definition) is 2. The summed E-state index contributed by atoms with van der Waals surface area (Å²) in [6, 6.07) is 7.12. The fourth-order valence-corrected chi connectivity index (χ4v) is 2.93. The van der Waals surface area contributed by atoms with Gasteiger partial charge >= 0.3 is 6.03 Å². The van der Waals surface area contributed by atoms with Crippen molar-refractivity contribution >= 4 is 50.8 Å². The molecule has 3 aromatic rings. The van der Waals surface area contributed by atoms with E-state index in [4.69, 9.17) is 0 Å². The summed E-state index contributed by atoms with van der Waals surface area (Å²) in [5, 5.41) is 8.38. The molecule has 0 radical (unpaired) electrons. The first-order valence-electron chi connectivity index (χ1n) is 5.56. The number of rotatable bonds is 2. The number of benzene rings is 1. The maximum atomic E-state index is 11.8. The molecule has 96 valence electrons. The first-order valence-corrected chi connectivity index (χ1v) is 7.17. The Morgan fingerprint density at radius 1 is 1.16 bits per heavy atom. The zero-order valence-electron chi connectivity index (χ0n) is 10.0. The number of aromatic nitrogens is 2. The minimum atomic E-state index is -0.260. The summed E-state index contributed by atoms with van der Waals surface area (Å²) in [4.78, 5) is 11.8. The van der Waals surface area contributed by atoms with E-state index >= 15 is 0 Å². The summed E-state index contributed by atoms with van der Waals surface area (Å²) in [7, 11) is 0. The number of carbonyl (C=O) groups is 1. The lowest BCUT2D eigenvalue weighted by atomic mass is 10.3. The lowest BCUT2D eigenvalue weighted by Crippen LogP contribution is -2.18. The second-order valence-corrected chi connectivity index (χ2v) is 5.47. The van der Waals surface area contributed by atoms with Crippen LogP contribution in [0.25, 0.3) is 11.0 Å². The van der Waals surface area contributed by atoms with Crippen LogP contribution in [0.5, 0.6) is 0 Å². The molecule has 0 atom stereocenters. The van der Waals surface area contributed by atoms with Gasteiger partial charge < -0.3 is 5.32 Å². The molecule has 7 heteroatoms. The Bertz CT molecular complexity index is 734. The minimum absolute atomic E-state index is 0.260. The maximum Gasteiger partial charge on any atom is 0.324 e. The predicted molar refractivity (Wildman–Crippen MR) is 79.1 cm³/mol. The van der Waals surface area contributed by atoms with Crippen molar-refractivity contribution in [1.29, 1.82) is 0 Å². The van der Waals surface area contributed by atoms with Gasteiger partial charge in [0, 0.05) is 5.69 Å². The monoisotopic (exact) mass is 290 g/mol. The van der Waals surface area contributed by atoms with E-state index in [9.17, 15) is 4.79 Å². The zero-order valence-corrected chi connectivity index (χ0v) is 11.6. The highest BCUT2D eigenvalue weighted by molar-refractivity contribution is 7.14. The highest BCUT2D eigenvalue weighted by Gasteiger charge is 2.06. The van der Waals surface area contributed by atoms with Crippen molar-refractivity contribution in [2.45, 2.75) is 6.92 Å². The molecule has 0 aliphatic rings. The van der Waals surface area contributed by atoms with E-state index in [1.807, 2.05) is 30.5 Å². The van der Waals surface area contributed by atoms with Gasteiger partial charge in [-0.2, -0.15) is 8.75 Å². The Morgan fingerprint density at radius 2 is 2.00 bits per heavy atom. The number of urea groups is 1. The maximum absolute atomic E-state index is 11.8. The second-order valence-electron chi connectivity index (χ2n) is 4.04. The number of fused-ring (bicyclic) bond motifs is 1. The number of aryl methyl sites for hydroxylation is 1. The van der Waals surface area contributed by atoms with E-state index in [2.05, 4.69) is 19.4 Å². The molecule has 0 spiro atoms. The van der Waals surface area contributed by atoms with Crippen molar-refractivity contribution in [3.05, 3.63) is 35.2 Å². The molecule has 1 aromatic carbocycles. The number of carbonyl (C=O) groups excluding carboxylic acids is 1. The van der Waals surface area contributed by atoms with Crippen molar-refractivity contribution in [2.75, 3.05) is 10.6 Å². The molecular weight excluding hydrogens is 280 g/mol. The first kappa shape index (κ1) is 12.1. The van der Waals surface area contributed by atoms with Crippen LogP contribution >= 0.6 is 23.1 Å². The molecule has 2 N–H and O–H groups in total. The molecular formula is C12H10N4OS2. The van der Waals surface area contributed by atoms with Gasteiger partial charge in [0.2, 0.25) is 0 Å². The Balaban J connectivity index is 1.71. The smallest absolute Gasteiger partial charge is 0.308 e. The normalized spacial score (nSPS) is 10.6. The summed E-state index contributed by atoms with van der Waals surface area (Å²) in [5.74, 6) is 0. The Morgan fingerprint density at radius 3 is 2.79 bits per heavy atom. The molecule has 0 saturated heterocycles. The molecule has 0 fully saturated rings. The molecule has 3 rings (SSSR count). The van der Waals surface area contributed by atoms with Gasteiger partial charge in [-0.25, -0.2) is 4.79 Å². The topological polar surface area (TPSA) is 66.9 Å². The fourth-order valence-electron chi connectivity index (χ4n) is 1.63. The van der Waals surface area contributed by atoms with Crippen LogP contribution < -0.4 is 10.6 Å². The quantitative estimate of drug-likeness (QED) is 0.756. The minimum Gasteiger partial charge on any atom is -0.308 e. The Kier molecular flexibility index (Phi) is 3.14. The first-order chi connectivity index (χ1) is 9.20. The molecule has 2 amide bonds. The molecule has 0 aliphatic heterocycles. The van der Waals surface area contributed by atoms with Crippen LogP contribution in [0, 0.1) is 6.92 Å². The summed E-state index contributed by atoms with van der Waals surface area (Å²) in [5.41, 5.74) is 3.46. The van der Waals surface area contributed by atoms with E-state index in [-0.39, 0.29) is 6.03 Å². The van der Waals surface area contributed by atoms with Gasteiger partial charge in [-0.05, 0) is 42.1 Å². The van der Waals surface area contributed by atoms with Crippen molar-refractivity contribution in [3.63, 3.8) is 0 Å². The second kappa shape index (κ2) is 4.94. The summed E-state index contributed by atoms with van der Waals surface area (Å²) in [6.45, 7) is 1.99. The number of anilines is 2. The van der Waals surface area contributed by atoms with Crippen LogP contribution in [0.1, 0.15) is 5.56 Å². The van der Waals surface area contributed by atoms with Crippen LogP contribution in [0.4, 0.5) is 15.5 Å². The molecule has 2 aromatic heterocycles. The van der Waals surface area contributed by atoms with Crippen LogP contribution in [0.15, 0.2) is 29.6 Å². The zero-order chi connectivity index (χ0) is 13.2. The molecule has 5 nitrogen and oxygen atoms in total. The van der Waals surface area contributed by atoms with E-state index in [0.717, 1.165) is 33.3 Å². The van der Waals surface area contributed by atoms with Crippen molar-refractivity contribution in [1.82, 2.24) is 8.75 Å².